The summed E-state index contributed by atoms with van der Waals surface area (Å²) in [5, 5.41) is 8.94. The summed E-state index contributed by atoms with van der Waals surface area (Å²) >= 11 is 0. The van der Waals surface area contributed by atoms with E-state index in [9.17, 15) is 4.79 Å². The van der Waals surface area contributed by atoms with Gasteiger partial charge in [-0.2, -0.15) is 5.26 Å². The van der Waals surface area contributed by atoms with Crippen LogP contribution in [-0.2, 0) is 0 Å². The molecule has 1 unspecified atom stereocenters. The zero-order valence-corrected chi connectivity index (χ0v) is 13.5. The van der Waals surface area contributed by atoms with E-state index in [4.69, 9.17) is 10.00 Å². The van der Waals surface area contributed by atoms with E-state index in [2.05, 4.69) is 11.1 Å². The van der Waals surface area contributed by atoms with Gasteiger partial charge in [-0.05, 0) is 24.3 Å². The number of pyridine rings is 2. The molecule has 0 spiro atoms. The fourth-order valence-electron chi connectivity index (χ4n) is 3.08. The zero-order chi connectivity index (χ0) is 17.2. The van der Waals surface area contributed by atoms with Gasteiger partial charge in [0.15, 0.2) is 0 Å². The van der Waals surface area contributed by atoms with E-state index in [1.807, 2.05) is 41.1 Å². The van der Waals surface area contributed by atoms with Crippen LogP contribution >= 0.6 is 0 Å². The molecule has 124 valence electrons. The fraction of sp³-hybridized carbons (Fsp3) is 0.211. The highest BCUT2D eigenvalue weighted by Crippen LogP contribution is 2.20. The van der Waals surface area contributed by atoms with Crippen molar-refractivity contribution in [3.05, 3.63) is 66.1 Å². The second-order valence-corrected chi connectivity index (χ2v) is 6.04. The Hall–Kier alpha value is -3.33. The predicted molar refractivity (Wildman–Crippen MR) is 91.3 cm³/mol. The molecule has 0 bridgehead atoms. The minimum absolute atomic E-state index is 0.00790. The Morgan fingerprint density at radius 3 is 3.08 bits per heavy atom. The Labute approximate surface area is 144 Å². The van der Waals surface area contributed by atoms with Crippen molar-refractivity contribution in [3.63, 3.8) is 0 Å². The molecule has 4 heterocycles. The largest absolute Gasteiger partial charge is 0.472 e. The molecule has 6 nitrogen and oxygen atoms in total. The topological polar surface area (TPSA) is 70.6 Å². The number of aromatic nitrogens is 2. The molecule has 3 aromatic rings. The molecule has 0 aliphatic carbocycles. The number of carbonyl (C=O) groups is 1. The Bertz CT molecular complexity index is 940. The number of amides is 1. The quantitative estimate of drug-likeness (QED) is 0.739. The van der Waals surface area contributed by atoms with Crippen LogP contribution in [0.3, 0.4) is 0 Å². The third-order valence-electron chi connectivity index (χ3n) is 4.34. The van der Waals surface area contributed by atoms with Gasteiger partial charge in [0.25, 0.3) is 5.91 Å². The molecule has 1 aliphatic heterocycles. The van der Waals surface area contributed by atoms with Crippen LogP contribution in [0.15, 0.2) is 55.0 Å². The van der Waals surface area contributed by atoms with E-state index in [-0.39, 0.29) is 12.0 Å². The second kappa shape index (κ2) is 6.29. The maximum atomic E-state index is 12.7. The van der Waals surface area contributed by atoms with Gasteiger partial charge in [0, 0.05) is 43.1 Å². The maximum absolute atomic E-state index is 12.7. The number of hydrogen-bond acceptors (Lipinski definition) is 4. The lowest BCUT2D eigenvalue weighted by atomic mass is 10.3. The Morgan fingerprint density at radius 1 is 1.32 bits per heavy atom. The molecule has 1 aliphatic rings. The lowest BCUT2D eigenvalue weighted by Crippen LogP contribution is -2.30. The van der Waals surface area contributed by atoms with E-state index in [0.29, 0.717) is 30.1 Å². The summed E-state index contributed by atoms with van der Waals surface area (Å²) in [4.78, 5) is 18.6. The van der Waals surface area contributed by atoms with Crippen molar-refractivity contribution in [1.29, 1.82) is 5.26 Å². The van der Waals surface area contributed by atoms with Crippen molar-refractivity contribution >= 4 is 11.4 Å². The number of nitriles is 1. The predicted octanol–water partition coefficient (Wildman–Crippen LogP) is 2.50. The van der Waals surface area contributed by atoms with Crippen LogP contribution in [0.1, 0.15) is 22.3 Å². The van der Waals surface area contributed by atoms with Crippen molar-refractivity contribution in [2.45, 2.75) is 12.5 Å². The van der Waals surface area contributed by atoms with Crippen LogP contribution in [0, 0.1) is 11.3 Å². The van der Waals surface area contributed by atoms with Crippen LogP contribution < -0.4 is 4.74 Å². The third kappa shape index (κ3) is 3.04. The number of hydrogen-bond donors (Lipinski definition) is 0. The highest BCUT2D eigenvalue weighted by molar-refractivity contribution is 5.95. The van der Waals surface area contributed by atoms with Gasteiger partial charge in [-0.1, -0.05) is 6.07 Å². The van der Waals surface area contributed by atoms with E-state index in [1.54, 1.807) is 23.2 Å². The molecule has 6 heteroatoms. The lowest BCUT2D eigenvalue weighted by molar-refractivity contribution is 0.0771. The molecular weight excluding hydrogens is 316 g/mol. The molecular formula is C19H16N4O2. The van der Waals surface area contributed by atoms with Crippen molar-refractivity contribution in [3.8, 4) is 11.9 Å². The summed E-state index contributed by atoms with van der Waals surface area (Å²) in [6.07, 6.45) is 5.97. The highest BCUT2D eigenvalue weighted by atomic mass is 16.5. The first-order valence-corrected chi connectivity index (χ1v) is 8.12. The van der Waals surface area contributed by atoms with Crippen molar-refractivity contribution in [2.24, 2.45) is 0 Å². The van der Waals surface area contributed by atoms with Crippen molar-refractivity contribution in [2.75, 3.05) is 13.1 Å². The smallest absolute Gasteiger partial charge is 0.255 e. The van der Waals surface area contributed by atoms with Crippen LogP contribution in [0.25, 0.3) is 5.52 Å². The fourth-order valence-corrected chi connectivity index (χ4v) is 3.08. The monoisotopic (exact) mass is 332 g/mol. The molecule has 4 rings (SSSR count). The number of rotatable bonds is 3. The standard InChI is InChI=1S/C19H16N4O2/c20-11-14-4-6-21-18(9-14)25-17-5-8-23(13-17)19(24)15-10-16-3-1-2-7-22(16)12-15/h1-4,6-7,9-10,12,17H,5,8,13H2. The van der Waals surface area contributed by atoms with Gasteiger partial charge in [0.05, 0.1) is 23.7 Å². The Balaban J connectivity index is 1.44. The molecule has 0 radical (unpaired) electrons. The van der Waals surface area contributed by atoms with Gasteiger partial charge in [-0.25, -0.2) is 4.98 Å². The number of fused-ring (bicyclic) bond motifs is 1. The first-order chi connectivity index (χ1) is 12.2. The van der Waals surface area contributed by atoms with E-state index < -0.39 is 0 Å². The van der Waals surface area contributed by atoms with Gasteiger partial charge in [0.2, 0.25) is 5.88 Å². The SMILES string of the molecule is N#Cc1ccnc(OC2CCN(C(=O)c3cc4ccccn4c3)C2)c1. The summed E-state index contributed by atoms with van der Waals surface area (Å²) in [6, 6.07) is 13.1. The Kier molecular flexibility index (Phi) is 3.82. The molecule has 3 aromatic heterocycles. The van der Waals surface area contributed by atoms with Gasteiger partial charge < -0.3 is 14.0 Å². The first-order valence-electron chi connectivity index (χ1n) is 8.12. The molecule has 0 aromatic carbocycles. The molecule has 1 amide bonds. The summed E-state index contributed by atoms with van der Waals surface area (Å²) in [6.45, 7) is 1.16. The molecule has 1 atom stereocenters. The molecule has 0 saturated carbocycles. The lowest BCUT2D eigenvalue weighted by Gasteiger charge is -2.16. The van der Waals surface area contributed by atoms with Crippen molar-refractivity contribution in [1.82, 2.24) is 14.3 Å². The van der Waals surface area contributed by atoms with Crippen LogP contribution in [-0.4, -0.2) is 39.4 Å². The number of ether oxygens (including phenoxy) is 1. The van der Waals surface area contributed by atoms with E-state index in [0.717, 1.165) is 11.9 Å². The normalized spacial score (nSPS) is 16.8. The van der Waals surface area contributed by atoms with Gasteiger partial charge in [-0.15, -0.1) is 0 Å². The number of likely N-dealkylation sites (tertiary alicyclic amines) is 1. The average Bonchev–Trinajstić information content (AvgIpc) is 3.28. The molecule has 1 fully saturated rings. The minimum atomic E-state index is -0.109. The zero-order valence-electron chi connectivity index (χ0n) is 13.5. The second-order valence-electron chi connectivity index (χ2n) is 6.04. The number of nitrogens with zero attached hydrogens (tertiary/aromatic N) is 4. The average molecular weight is 332 g/mol. The van der Waals surface area contributed by atoms with Crippen LogP contribution in [0.4, 0.5) is 0 Å². The summed E-state index contributed by atoms with van der Waals surface area (Å²) in [7, 11) is 0. The first kappa shape index (κ1) is 15.2. The van der Waals surface area contributed by atoms with Gasteiger partial charge >= 0.3 is 0 Å². The molecule has 1 saturated heterocycles. The molecule has 0 N–H and O–H groups in total. The van der Waals surface area contributed by atoms with Crippen LogP contribution in [0.2, 0.25) is 0 Å². The number of carbonyl (C=O) groups excluding carboxylic acids is 1. The van der Waals surface area contributed by atoms with Crippen molar-refractivity contribution < 1.29 is 9.53 Å². The Morgan fingerprint density at radius 2 is 2.24 bits per heavy atom. The minimum Gasteiger partial charge on any atom is -0.472 e. The van der Waals surface area contributed by atoms with E-state index >= 15 is 0 Å². The van der Waals surface area contributed by atoms with Crippen LogP contribution in [0.5, 0.6) is 5.88 Å². The summed E-state index contributed by atoms with van der Waals surface area (Å²) in [5.41, 5.74) is 2.18. The highest BCUT2D eigenvalue weighted by Gasteiger charge is 2.29. The third-order valence-corrected chi connectivity index (χ3v) is 4.34. The van der Waals surface area contributed by atoms with Gasteiger partial charge in [0.1, 0.15) is 6.10 Å². The van der Waals surface area contributed by atoms with Gasteiger partial charge in [-0.3, -0.25) is 4.79 Å². The molecule has 25 heavy (non-hydrogen) atoms. The van der Waals surface area contributed by atoms with E-state index in [1.165, 1.54) is 0 Å². The summed E-state index contributed by atoms with van der Waals surface area (Å²) < 4.78 is 7.77. The summed E-state index contributed by atoms with van der Waals surface area (Å²) in [5.74, 6) is 0.432. The maximum Gasteiger partial charge on any atom is 0.255 e.